The molecule has 1 radical (unpaired) electrons. The fourth-order valence-corrected chi connectivity index (χ4v) is 1.11. The zero-order valence-corrected chi connectivity index (χ0v) is 7.22. The van der Waals surface area contributed by atoms with E-state index in [1.807, 2.05) is 6.07 Å². The molecule has 1 aromatic carbocycles. The van der Waals surface area contributed by atoms with Crippen molar-refractivity contribution in [1.29, 1.82) is 0 Å². The molecule has 0 N–H and O–H groups in total. The maximum atomic E-state index is 5.54. The van der Waals surface area contributed by atoms with Crippen LogP contribution in [0.15, 0.2) is 30.3 Å². The topological polar surface area (TPSA) is 0 Å². The van der Waals surface area contributed by atoms with E-state index in [-0.39, 0.29) is 0 Å². The van der Waals surface area contributed by atoms with Crippen LogP contribution in [0.4, 0.5) is 0 Å². The van der Waals surface area contributed by atoms with Crippen molar-refractivity contribution in [3.63, 3.8) is 0 Å². The number of alkyl halides is 1. The average Bonchev–Trinajstić information content (AvgIpc) is 2.07. The fraction of sp³-hybridized carbons (Fsp3) is 0.300. The van der Waals surface area contributed by atoms with Crippen LogP contribution in [0.3, 0.4) is 0 Å². The first-order valence-corrected chi connectivity index (χ1v) is 4.38. The summed E-state index contributed by atoms with van der Waals surface area (Å²) >= 11 is 5.54. The number of halogens is 1. The van der Waals surface area contributed by atoms with Crippen molar-refractivity contribution in [2.45, 2.75) is 12.8 Å². The number of rotatable bonds is 4. The van der Waals surface area contributed by atoms with E-state index in [4.69, 9.17) is 11.6 Å². The van der Waals surface area contributed by atoms with Gasteiger partial charge in [-0.3, -0.25) is 0 Å². The lowest BCUT2D eigenvalue weighted by Gasteiger charge is -1.97. The lowest BCUT2D eigenvalue weighted by molar-refractivity contribution is 1.00. The van der Waals surface area contributed by atoms with Crippen molar-refractivity contribution < 1.29 is 0 Å². The Morgan fingerprint density at radius 3 is 2.55 bits per heavy atom. The van der Waals surface area contributed by atoms with Crippen LogP contribution in [0.5, 0.6) is 0 Å². The summed E-state index contributed by atoms with van der Waals surface area (Å²) in [5.41, 5.74) is 1.36. The summed E-state index contributed by atoms with van der Waals surface area (Å²) in [6, 6.07) is 10.4. The van der Waals surface area contributed by atoms with Crippen molar-refractivity contribution in [3.05, 3.63) is 42.3 Å². The van der Waals surface area contributed by atoms with Gasteiger partial charge in [0.2, 0.25) is 0 Å². The third kappa shape index (κ3) is 3.43. The van der Waals surface area contributed by atoms with E-state index in [9.17, 15) is 0 Å². The highest BCUT2D eigenvalue weighted by molar-refractivity contribution is 6.17. The number of benzene rings is 1. The van der Waals surface area contributed by atoms with Crippen molar-refractivity contribution in [1.82, 2.24) is 0 Å². The predicted molar refractivity (Wildman–Crippen MR) is 49.8 cm³/mol. The highest BCUT2D eigenvalue weighted by atomic mass is 35.5. The van der Waals surface area contributed by atoms with Gasteiger partial charge in [0.1, 0.15) is 0 Å². The molecule has 0 saturated carbocycles. The summed E-state index contributed by atoms with van der Waals surface area (Å²) in [6.45, 7) is 0. The molecule has 59 valence electrons. The summed E-state index contributed by atoms with van der Waals surface area (Å²) in [5, 5.41) is 0. The van der Waals surface area contributed by atoms with Crippen molar-refractivity contribution in [2.75, 3.05) is 5.88 Å². The van der Waals surface area contributed by atoms with Gasteiger partial charge in [-0.2, -0.15) is 0 Å². The molecule has 1 aromatic rings. The van der Waals surface area contributed by atoms with Crippen LogP contribution in [0.25, 0.3) is 0 Å². The van der Waals surface area contributed by atoms with Gasteiger partial charge in [0, 0.05) is 5.88 Å². The van der Waals surface area contributed by atoms with E-state index in [2.05, 4.69) is 30.7 Å². The fourth-order valence-electron chi connectivity index (χ4n) is 0.960. The molecule has 0 unspecified atom stereocenters. The number of hydrogen-bond donors (Lipinski definition) is 0. The summed E-state index contributed by atoms with van der Waals surface area (Å²) in [5.74, 6) is 0.729. The molecular formula is C10H12Cl. The third-order valence-electron chi connectivity index (χ3n) is 1.54. The quantitative estimate of drug-likeness (QED) is 0.478. The standard InChI is InChI=1S/C10H12Cl/c11-9-5-4-8-10-6-2-1-3-7-10/h1-4,6-7H,5,8-9H2. The summed E-state index contributed by atoms with van der Waals surface area (Å²) in [7, 11) is 0. The first-order valence-electron chi connectivity index (χ1n) is 3.85. The maximum Gasteiger partial charge on any atom is 0.0226 e. The second kappa shape index (κ2) is 5.20. The molecule has 0 atom stereocenters. The molecule has 1 heteroatoms. The Morgan fingerprint density at radius 2 is 1.91 bits per heavy atom. The van der Waals surface area contributed by atoms with Gasteiger partial charge in [0.15, 0.2) is 0 Å². The van der Waals surface area contributed by atoms with E-state index in [1.165, 1.54) is 5.56 Å². The van der Waals surface area contributed by atoms with Crippen LogP contribution < -0.4 is 0 Å². The zero-order chi connectivity index (χ0) is 7.94. The number of hydrogen-bond acceptors (Lipinski definition) is 0. The molecule has 0 aliphatic heterocycles. The maximum absolute atomic E-state index is 5.54. The average molecular weight is 168 g/mol. The SMILES string of the molecule is ClCC[CH]Cc1ccccc1. The Labute approximate surface area is 73.2 Å². The van der Waals surface area contributed by atoms with Crippen LogP contribution in [-0.2, 0) is 6.42 Å². The smallest absolute Gasteiger partial charge is 0.0226 e. The molecule has 0 spiro atoms. The molecule has 0 saturated heterocycles. The number of unbranched alkanes of at least 4 members (excludes halogenated alkanes) is 1. The minimum absolute atomic E-state index is 0.729. The van der Waals surface area contributed by atoms with Crippen LogP contribution in [0.2, 0.25) is 0 Å². The van der Waals surface area contributed by atoms with Crippen LogP contribution in [0.1, 0.15) is 12.0 Å². The summed E-state index contributed by atoms with van der Waals surface area (Å²) < 4.78 is 0. The van der Waals surface area contributed by atoms with Crippen molar-refractivity contribution in [2.24, 2.45) is 0 Å². The normalized spacial score (nSPS) is 9.91. The lowest BCUT2D eigenvalue weighted by Crippen LogP contribution is -1.85. The molecule has 0 nitrogen and oxygen atoms in total. The molecule has 0 aliphatic rings. The van der Waals surface area contributed by atoms with E-state index in [0.717, 1.165) is 18.7 Å². The van der Waals surface area contributed by atoms with Gasteiger partial charge in [-0.05, 0) is 24.8 Å². The van der Waals surface area contributed by atoms with Gasteiger partial charge in [-0.15, -0.1) is 11.6 Å². The Balaban J connectivity index is 2.28. The Kier molecular flexibility index (Phi) is 4.07. The van der Waals surface area contributed by atoms with Crippen LogP contribution in [0, 0.1) is 6.42 Å². The molecular weight excluding hydrogens is 156 g/mol. The Bertz CT molecular complexity index is 181. The van der Waals surface area contributed by atoms with Gasteiger partial charge in [-0.25, -0.2) is 0 Å². The van der Waals surface area contributed by atoms with Gasteiger partial charge < -0.3 is 0 Å². The van der Waals surface area contributed by atoms with E-state index >= 15 is 0 Å². The second-order valence-corrected chi connectivity index (χ2v) is 2.83. The highest BCUT2D eigenvalue weighted by Crippen LogP contribution is 2.03. The zero-order valence-electron chi connectivity index (χ0n) is 6.46. The molecule has 0 aliphatic carbocycles. The van der Waals surface area contributed by atoms with E-state index in [0.29, 0.717) is 0 Å². The summed E-state index contributed by atoms with van der Waals surface area (Å²) in [4.78, 5) is 0. The van der Waals surface area contributed by atoms with Gasteiger partial charge in [0.05, 0.1) is 0 Å². The molecule has 11 heavy (non-hydrogen) atoms. The highest BCUT2D eigenvalue weighted by Gasteiger charge is 1.90. The lowest BCUT2D eigenvalue weighted by atomic mass is 10.1. The van der Waals surface area contributed by atoms with Crippen molar-refractivity contribution in [3.8, 4) is 0 Å². The molecule has 0 fully saturated rings. The molecule has 0 aromatic heterocycles. The Hall–Kier alpha value is -0.490. The van der Waals surface area contributed by atoms with Crippen LogP contribution >= 0.6 is 11.6 Å². The van der Waals surface area contributed by atoms with Gasteiger partial charge in [0.25, 0.3) is 0 Å². The summed E-state index contributed by atoms with van der Waals surface area (Å²) in [6.07, 6.45) is 4.24. The largest absolute Gasteiger partial charge is 0.127 e. The molecule has 1 rings (SSSR count). The van der Waals surface area contributed by atoms with E-state index < -0.39 is 0 Å². The minimum Gasteiger partial charge on any atom is -0.127 e. The molecule has 0 amide bonds. The first kappa shape index (κ1) is 8.61. The molecule has 0 heterocycles. The van der Waals surface area contributed by atoms with Gasteiger partial charge in [-0.1, -0.05) is 30.3 Å². The minimum atomic E-state index is 0.729. The second-order valence-electron chi connectivity index (χ2n) is 2.46. The molecule has 0 bridgehead atoms. The van der Waals surface area contributed by atoms with E-state index in [1.54, 1.807) is 0 Å². The first-order chi connectivity index (χ1) is 5.43. The van der Waals surface area contributed by atoms with Gasteiger partial charge >= 0.3 is 0 Å². The monoisotopic (exact) mass is 167 g/mol. The van der Waals surface area contributed by atoms with Crippen LogP contribution in [-0.4, -0.2) is 5.88 Å². The Morgan fingerprint density at radius 1 is 1.18 bits per heavy atom. The predicted octanol–water partition coefficient (Wildman–Crippen LogP) is 3.06. The van der Waals surface area contributed by atoms with Crippen molar-refractivity contribution >= 4 is 11.6 Å². The third-order valence-corrected chi connectivity index (χ3v) is 1.75.